The molecule has 4 rings (SSSR count). The maximum atomic E-state index is 12.9. The Kier molecular flexibility index (Phi) is 5.21. The van der Waals surface area contributed by atoms with Crippen molar-refractivity contribution < 1.29 is 4.79 Å². The van der Waals surface area contributed by atoms with E-state index in [-0.39, 0.29) is 18.0 Å². The Hall–Kier alpha value is -3.70. The minimum absolute atomic E-state index is 0.0282. The van der Waals surface area contributed by atoms with Crippen molar-refractivity contribution in [2.45, 2.75) is 19.9 Å². The Labute approximate surface area is 180 Å². The Morgan fingerprint density at radius 2 is 2.00 bits per heavy atom. The average Bonchev–Trinajstić information content (AvgIpc) is 3.09. The molecule has 1 atom stereocenters. The normalized spacial score (nSPS) is 16.6. The fourth-order valence-corrected chi connectivity index (χ4v) is 3.69. The molecule has 2 amide bonds. The van der Waals surface area contributed by atoms with E-state index in [1.165, 1.54) is 0 Å². The number of aryl methyl sites for hydroxylation is 2. The van der Waals surface area contributed by atoms with E-state index in [2.05, 4.69) is 42.2 Å². The number of nitrogens with two attached hydrogens (primary N) is 1. The van der Waals surface area contributed by atoms with Crippen LogP contribution in [0.15, 0.2) is 12.4 Å². The Bertz CT molecular complexity index is 1130. The third-order valence-corrected chi connectivity index (χ3v) is 5.39. The minimum Gasteiger partial charge on any atom is -0.368 e. The van der Waals surface area contributed by atoms with Gasteiger partial charge in [-0.15, -0.1) is 0 Å². The van der Waals surface area contributed by atoms with Gasteiger partial charge in [0.1, 0.15) is 11.6 Å². The van der Waals surface area contributed by atoms with E-state index in [1.807, 2.05) is 33.0 Å². The van der Waals surface area contributed by atoms with E-state index in [0.29, 0.717) is 36.8 Å². The summed E-state index contributed by atoms with van der Waals surface area (Å²) in [7, 11) is 5.61. The van der Waals surface area contributed by atoms with Crippen LogP contribution in [-0.4, -0.2) is 80.4 Å². The molecule has 3 aromatic rings. The zero-order valence-corrected chi connectivity index (χ0v) is 18.4. The maximum absolute atomic E-state index is 12.9. The molecule has 0 spiro atoms. The first-order valence-corrected chi connectivity index (χ1v) is 10.0. The first-order valence-electron chi connectivity index (χ1n) is 10.0. The minimum atomic E-state index is -0.199. The van der Waals surface area contributed by atoms with Gasteiger partial charge >= 0.3 is 6.03 Å². The van der Waals surface area contributed by atoms with Crippen LogP contribution in [0.3, 0.4) is 0 Å². The predicted molar refractivity (Wildman–Crippen MR) is 119 cm³/mol. The van der Waals surface area contributed by atoms with Gasteiger partial charge in [0.05, 0.1) is 23.5 Å². The van der Waals surface area contributed by atoms with Gasteiger partial charge in [-0.3, -0.25) is 10.00 Å². The highest BCUT2D eigenvalue weighted by Gasteiger charge is 2.30. The molecule has 164 valence electrons. The fraction of sp³-hybridized carbons (Fsp3) is 0.474. The van der Waals surface area contributed by atoms with E-state index in [4.69, 9.17) is 5.73 Å². The number of hydrogen-bond acceptors (Lipinski definition) is 9. The second kappa shape index (κ2) is 7.85. The first kappa shape index (κ1) is 20.6. The third-order valence-electron chi connectivity index (χ3n) is 5.39. The molecular formula is C19H27N11O. The molecule has 1 saturated heterocycles. The molecule has 1 fully saturated rings. The fourth-order valence-electron chi connectivity index (χ4n) is 3.69. The molecule has 0 radical (unpaired) electrons. The molecule has 1 aliphatic rings. The topological polar surface area (TPSA) is 134 Å². The van der Waals surface area contributed by atoms with Crippen molar-refractivity contribution in [2.75, 3.05) is 54.6 Å². The number of urea groups is 1. The predicted octanol–water partition coefficient (Wildman–Crippen LogP) is 0.853. The SMILES string of the molecule is Cc1nc(N(C)C)cnc1NC(=O)N1CCN(c2nc(N)nc3c2cnn3C)[C@@H](C)C1. The second-order valence-electron chi connectivity index (χ2n) is 7.89. The van der Waals surface area contributed by atoms with Crippen LogP contribution in [0.25, 0.3) is 11.0 Å². The monoisotopic (exact) mass is 425 g/mol. The summed E-state index contributed by atoms with van der Waals surface area (Å²) < 4.78 is 1.68. The van der Waals surface area contributed by atoms with Crippen molar-refractivity contribution in [3.05, 3.63) is 18.1 Å². The molecule has 12 nitrogen and oxygen atoms in total. The molecule has 0 aliphatic carbocycles. The molecule has 3 N–H and O–H groups in total. The molecule has 0 aromatic carbocycles. The van der Waals surface area contributed by atoms with Crippen LogP contribution in [0.5, 0.6) is 0 Å². The zero-order valence-electron chi connectivity index (χ0n) is 18.4. The number of aromatic nitrogens is 6. The quantitative estimate of drug-likeness (QED) is 0.626. The number of hydrogen-bond donors (Lipinski definition) is 2. The number of nitrogens with zero attached hydrogens (tertiary/aromatic N) is 9. The number of amides is 2. The molecule has 31 heavy (non-hydrogen) atoms. The molecule has 0 unspecified atom stereocenters. The average molecular weight is 426 g/mol. The Balaban J connectivity index is 1.48. The lowest BCUT2D eigenvalue weighted by molar-refractivity contribution is 0.200. The van der Waals surface area contributed by atoms with E-state index < -0.39 is 0 Å². The number of piperazine rings is 1. The van der Waals surface area contributed by atoms with Crippen LogP contribution < -0.4 is 20.9 Å². The summed E-state index contributed by atoms with van der Waals surface area (Å²) in [5, 5.41) is 8.00. The highest BCUT2D eigenvalue weighted by atomic mass is 16.2. The van der Waals surface area contributed by atoms with Crippen LogP contribution in [-0.2, 0) is 7.05 Å². The lowest BCUT2D eigenvalue weighted by atomic mass is 10.2. The summed E-state index contributed by atoms with van der Waals surface area (Å²) in [5.74, 6) is 2.15. The Morgan fingerprint density at radius 3 is 2.68 bits per heavy atom. The van der Waals surface area contributed by atoms with Crippen LogP contribution in [0.1, 0.15) is 12.6 Å². The summed E-state index contributed by atoms with van der Waals surface area (Å²) in [6.45, 7) is 5.55. The molecule has 1 aliphatic heterocycles. The van der Waals surface area contributed by atoms with E-state index in [9.17, 15) is 4.79 Å². The standard InChI is InChI=1S/C19H27N11O/c1-11-10-29(19(31)24-15-12(2)23-14(9-21-15)27(3)4)6-7-30(11)17-13-8-22-28(5)16(13)25-18(20)26-17/h8-9,11H,6-7,10H2,1-5H3,(H2,20,25,26)(H,21,24,31)/t11-/m0/s1. The number of rotatable bonds is 3. The third kappa shape index (κ3) is 3.88. The Morgan fingerprint density at radius 1 is 1.23 bits per heavy atom. The van der Waals surface area contributed by atoms with Gasteiger partial charge in [-0.2, -0.15) is 15.1 Å². The van der Waals surface area contributed by atoms with Crippen LogP contribution in [0.4, 0.5) is 28.2 Å². The smallest absolute Gasteiger partial charge is 0.323 e. The van der Waals surface area contributed by atoms with Crippen LogP contribution >= 0.6 is 0 Å². The molecule has 0 bridgehead atoms. The van der Waals surface area contributed by atoms with Gasteiger partial charge in [0.25, 0.3) is 0 Å². The number of nitrogen functional groups attached to an aromatic ring is 1. The molecule has 0 saturated carbocycles. The van der Waals surface area contributed by atoms with Crippen molar-refractivity contribution >= 4 is 40.5 Å². The van der Waals surface area contributed by atoms with Gasteiger partial charge in [-0.05, 0) is 13.8 Å². The van der Waals surface area contributed by atoms with Gasteiger partial charge in [0.15, 0.2) is 11.5 Å². The van der Waals surface area contributed by atoms with Crippen molar-refractivity contribution in [1.82, 2.24) is 34.6 Å². The van der Waals surface area contributed by atoms with Crippen molar-refractivity contribution in [1.29, 1.82) is 0 Å². The highest BCUT2D eigenvalue weighted by molar-refractivity contribution is 5.90. The van der Waals surface area contributed by atoms with E-state index in [1.54, 1.807) is 22.0 Å². The van der Waals surface area contributed by atoms with Gasteiger partial charge in [0, 0.05) is 46.8 Å². The lowest BCUT2D eigenvalue weighted by Gasteiger charge is -2.40. The lowest BCUT2D eigenvalue weighted by Crippen LogP contribution is -2.55. The summed E-state index contributed by atoms with van der Waals surface area (Å²) in [4.78, 5) is 36.2. The number of anilines is 4. The molecule has 12 heteroatoms. The first-order chi connectivity index (χ1) is 14.7. The summed E-state index contributed by atoms with van der Waals surface area (Å²) in [6, 6.07) is -0.171. The van der Waals surface area contributed by atoms with Crippen molar-refractivity contribution in [3.8, 4) is 0 Å². The molecule has 3 aromatic heterocycles. The molecule has 4 heterocycles. The van der Waals surface area contributed by atoms with Gasteiger partial charge < -0.3 is 20.4 Å². The number of carbonyl (C=O) groups excluding carboxylic acids is 1. The van der Waals surface area contributed by atoms with E-state index >= 15 is 0 Å². The van der Waals surface area contributed by atoms with Gasteiger partial charge in [0.2, 0.25) is 5.95 Å². The summed E-state index contributed by atoms with van der Waals surface area (Å²) in [5.41, 5.74) is 7.28. The van der Waals surface area contributed by atoms with Gasteiger partial charge in [-0.25, -0.2) is 14.8 Å². The van der Waals surface area contributed by atoms with Crippen molar-refractivity contribution in [2.24, 2.45) is 7.05 Å². The van der Waals surface area contributed by atoms with Gasteiger partial charge in [-0.1, -0.05) is 0 Å². The number of carbonyl (C=O) groups is 1. The molecular weight excluding hydrogens is 398 g/mol. The van der Waals surface area contributed by atoms with E-state index in [0.717, 1.165) is 17.0 Å². The zero-order chi connectivity index (χ0) is 22.3. The van der Waals surface area contributed by atoms with Crippen LogP contribution in [0.2, 0.25) is 0 Å². The largest absolute Gasteiger partial charge is 0.368 e. The van der Waals surface area contributed by atoms with Crippen molar-refractivity contribution in [3.63, 3.8) is 0 Å². The second-order valence-corrected chi connectivity index (χ2v) is 7.89. The van der Waals surface area contributed by atoms with Crippen LogP contribution in [0, 0.1) is 6.92 Å². The maximum Gasteiger partial charge on any atom is 0.323 e. The highest BCUT2D eigenvalue weighted by Crippen LogP contribution is 2.27. The number of nitrogens with one attached hydrogen (secondary N) is 1. The summed E-state index contributed by atoms with van der Waals surface area (Å²) >= 11 is 0. The number of fused-ring (bicyclic) bond motifs is 1. The summed E-state index contributed by atoms with van der Waals surface area (Å²) in [6.07, 6.45) is 3.39.